The van der Waals surface area contributed by atoms with Crippen LogP contribution in [0.2, 0.25) is 0 Å². The lowest BCUT2D eigenvalue weighted by molar-refractivity contribution is 0.0891. The van der Waals surface area contributed by atoms with Crippen molar-refractivity contribution < 1.29 is 0 Å². The highest BCUT2D eigenvalue weighted by atomic mass is 15.4. The third kappa shape index (κ3) is 1.87. The first-order valence-electron chi connectivity index (χ1n) is 4.71. The average Bonchev–Trinajstić information content (AvgIpc) is 2.09. The lowest BCUT2D eigenvalue weighted by atomic mass is 9.71. The molecule has 0 amide bonds. The number of hydrazine groups is 1. The molecule has 0 bridgehead atoms. The van der Waals surface area contributed by atoms with E-state index in [9.17, 15) is 0 Å². The lowest BCUT2D eigenvalue weighted by Crippen LogP contribution is -2.44. The lowest BCUT2D eigenvalue weighted by Gasteiger charge is -2.40. The molecule has 0 aliphatic carbocycles. The molecule has 1 saturated heterocycles. The van der Waals surface area contributed by atoms with Gasteiger partial charge in [0.05, 0.1) is 0 Å². The maximum atomic E-state index is 5.70. The van der Waals surface area contributed by atoms with Crippen LogP contribution in [0.1, 0.15) is 26.7 Å². The van der Waals surface area contributed by atoms with E-state index in [2.05, 4.69) is 26.5 Å². The summed E-state index contributed by atoms with van der Waals surface area (Å²) in [7, 11) is 0. The maximum absolute atomic E-state index is 5.70. The number of allylic oxidation sites excluding steroid dienone is 1. The monoisotopic (exact) mass is 168 g/mol. The van der Waals surface area contributed by atoms with Gasteiger partial charge in [0.25, 0.3) is 0 Å². The van der Waals surface area contributed by atoms with E-state index in [0.29, 0.717) is 11.3 Å². The van der Waals surface area contributed by atoms with E-state index in [1.807, 2.05) is 5.01 Å². The first-order valence-corrected chi connectivity index (χ1v) is 4.71. The molecule has 2 N–H and O–H groups in total. The van der Waals surface area contributed by atoms with E-state index < -0.39 is 0 Å². The fourth-order valence-corrected chi connectivity index (χ4v) is 1.77. The van der Waals surface area contributed by atoms with Gasteiger partial charge in [0.1, 0.15) is 0 Å². The highest BCUT2D eigenvalue weighted by Crippen LogP contribution is 2.37. The molecule has 1 rings (SSSR count). The standard InChI is InChI=1S/C10H20N2/c1-4-9(2)10(3)5-7-12(11)8-6-10/h4,9H,1,5-8,11H2,2-3H3. The fraction of sp³-hybridized carbons (Fsp3) is 0.800. The topological polar surface area (TPSA) is 29.3 Å². The first kappa shape index (κ1) is 9.75. The van der Waals surface area contributed by atoms with Crippen molar-refractivity contribution in [2.24, 2.45) is 17.2 Å². The number of piperidine rings is 1. The molecule has 0 spiro atoms. The second-order valence-corrected chi connectivity index (χ2v) is 4.21. The Morgan fingerprint density at radius 2 is 2.00 bits per heavy atom. The Kier molecular flexibility index (Phi) is 2.91. The molecule has 0 aromatic heterocycles. The summed E-state index contributed by atoms with van der Waals surface area (Å²) in [6, 6.07) is 0. The molecular weight excluding hydrogens is 148 g/mol. The Morgan fingerprint density at radius 1 is 1.50 bits per heavy atom. The number of hydrogen-bond acceptors (Lipinski definition) is 2. The van der Waals surface area contributed by atoms with Crippen molar-refractivity contribution in [3.8, 4) is 0 Å². The van der Waals surface area contributed by atoms with Crippen molar-refractivity contribution in [3.63, 3.8) is 0 Å². The third-order valence-electron chi connectivity index (χ3n) is 3.39. The molecule has 1 atom stereocenters. The van der Waals surface area contributed by atoms with Gasteiger partial charge in [0.15, 0.2) is 0 Å². The van der Waals surface area contributed by atoms with Gasteiger partial charge in [-0.25, -0.2) is 5.01 Å². The van der Waals surface area contributed by atoms with E-state index in [1.165, 1.54) is 12.8 Å². The fourth-order valence-electron chi connectivity index (χ4n) is 1.77. The van der Waals surface area contributed by atoms with Crippen LogP contribution in [0.4, 0.5) is 0 Å². The molecule has 70 valence electrons. The van der Waals surface area contributed by atoms with Crippen molar-refractivity contribution in [1.82, 2.24) is 5.01 Å². The molecular formula is C10H20N2. The third-order valence-corrected chi connectivity index (χ3v) is 3.39. The van der Waals surface area contributed by atoms with Gasteiger partial charge in [-0.3, -0.25) is 5.84 Å². The SMILES string of the molecule is C=CC(C)C1(C)CCN(N)CC1. The molecule has 1 heterocycles. The summed E-state index contributed by atoms with van der Waals surface area (Å²) in [6.07, 6.45) is 4.44. The minimum absolute atomic E-state index is 0.428. The molecule has 1 fully saturated rings. The number of nitrogens with two attached hydrogens (primary N) is 1. The normalized spacial score (nSPS) is 26.6. The average molecular weight is 168 g/mol. The molecule has 1 aliphatic rings. The van der Waals surface area contributed by atoms with Crippen LogP contribution in [0.5, 0.6) is 0 Å². The highest BCUT2D eigenvalue weighted by molar-refractivity contribution is 4.92. The van der Waals surface area contributed by atoms with E-state index in [-0.39, 0.29) is 0 Å². The summed E-state index contributed by atoms with van der Waals surface area (Å²) in [5, 5.41) is 1.91. The molecule has 2 nitrogen and oxygen atoms in total. The predicted octanol–water partition coefficient (Wildman–Crippen LogP) is 1.78. The Bertz CT molecular complexity index is 157. The van der Waals surface area contributed by atoms with Crippen LogP contribution in [-0.2, 0) is 0 Å². The zero-order chi connectivity index (χ0) is 9.19. The number of rotatable bonds is 2. The molecule has 0 radical (unpaired) electrons. The molecule has 2 heteroatoms. The van der Waals surface area contributed by atoms with Crippen molar-refractivity contribution in [2.75, 3.05) is 13.1 Å². The highest BCUT2D eigenvalue weighted by Gasteiger charge is 2.32. The minimum Gasteiger partial charge on any atom is -0.269 e. The van der Waals surface area contributed by atoms with E-state index in [1.54, 1.807) is 0 Å². The molecule has 12 heavy (non-hydrogen) atoms. The van der Waals surface area contributed by atoms with Crippen LogP contribution < -0.4 is 5.84 Å². The molecule has 0 saturated carbocycles. The van der Waals surface area contributed by atoms with E-state index in [4.69, 9.17) is 5.84 Å². The Morgan fingerprint density at radius 3 is 2.42 bits per heavy atom. The van der Waals surface area contributed by atoms with Crippen LogP contribution in [0.25, 0.3) is 0 Å². The maximum Gasteiger partial charge on any atom is 0.0134 e. The van der Waals surface area contributed by atoms with Crippen LogP contribution in [-0.4, -0.2) is 18.1 Å². The van der Waals surface area contributed by atoms with Crippen LogP contribution in [0.3, 0.4) is 0 Å². The van der Waals surface area contributed by atoms with Crippen molar-refractivity contribution in [1.29, 1.82) is 0 Å². The summed E-state index contributed by atoms with van der Waals surface area (Å²) in [6.45, 7) is 10.5. The zero-order valence-electron chi connectivity index (χ0n) is 8.21. The summed E-state index contributed by atoms with van der Waals surface area (Å²) in [5.74, 6) is 6.31. The molecule has 1 unspecified atom stereocenters. The summed E-state index contributed by atoms with van der Waals surface area (Å²) in [4.78, 5) is 0. The summed E-state index contributed by atoms with van der Waals surface area (Å²) >= 11 is 0. The van der Waals surface area contributed by atoms with Gasteiger partial charge in [-0.15, -0.1) is 6.58 Å². The van der Waals surface area contributed by atoms with Crippen LogP contribution in [0, 0.1) is 11.3 Å². The van der Waals surface area contributed by atoms with Crippen LogP contribution in [0.15, 0.2) is 12.7 Å². The Labute approximate surface area is 75.4 Å². The van der Waals surface area contributed by atoms with E-state index in [0.717, 1.165) is 13.1 Å². The smallest absolute Gasteiger partial charge is 0.0134 e. The van der Waals surface area contributed by atoms with Gasteiger partial charge in [-0.05, 0) is 24.2 Å². The van der Waals surface area contributed by atoms with Gasteiger partial charge in [0, 0.05) is 13.1 Å². The van der Waals surface area contributed by atoms with Gasteiger partial charge in [0.2, 0.25) is 0 Å². The zero-order valence-corrected chi connectivity index (χ0v) is 8.21. The second kappa shape index (κ2) is 3.58. The predicted molar refractivity (Wildman–Crippen MR) is 52.5 cm³/mol. The van der Waals surface area contributed by atoms with Crippen LogP contribution >= 0.6 is 0 Å². The summed E-state index contributed by atoms with van der Waals surface area (Å²) < 4.78 is 0. The Hall–Kier alpha value is -0.340. The van der Waals surface area contributed by atoms with E-state index >= 15 is 0 Å². The first-order chi connectivity index (χ1) is 5.58. The van der Waals surface area contributed by atoms with Crippen molar-refractivity contribution >= 4 is 0 Å². The largest absolute Gasteiger partial charge is 0.269 e. The Balaban J connectivity index is 2.55. The van der Waals surface area contributed by atoms with Crippen molar-refractivity contribution in [2.45, 2.75) is 26.7 Å². The quantitative estimate of drug-likeness (QED) is 0.503. The number of hydrogen-bond donors (Lipinski definition) is 1. The second-order valence-electron chi connectivity index (χ2n) is 4.21. The number of nitrogens with zero attached hydrogens (tertiary/aromatic N) is 1. The minimum atomic E-state index is 0.428. The molecule has 1 aliphatic heterocycles. The molecule has 0 aromatic carbocycles. The van der Waals surface area contributed by atoms with Gasteiger partial charge in [-0.1, -0.05) is 19.9 Å². The van der Waals surface area contributed by atoms with Crippen molar-refractivity contribution in [3.05, 3.63) is 12.7 Å². The molecule has 0 aromatic rings. The van der Waals surface area contributed by atoms with Gasteiger partial charge >= 0.3 is 0 Å². The summed E-state index contributed by atoms with van der Waals surface area (Å²) in [5.41, 5.74) is 0.428. The van der Waals surface area contributed by atoms with Gasteiger partial charge < -0.3 is 0 Å². The van der Waals surface area contributed by atoms with Gasteiger partial charge in [-0.2, -0.15) is 0 Å².